The van der Waals surface area contributed by atoms with Crippen molar-refractivity contribution in [3.63, 3.8) is 0 Å². The Morgan fingerprint density at radius 3 is 2.40 bits per heavy atom. The summed E-state index contributed by atoms with van der Waals surface area (Å²) in [6.07, 6.45) is 0.859. The first kappa shape index (κ1) is 14.3. The summed E-state index contributed by atoms with van der Waals surface area (Å²) in [4.78, 5) is 12.3. The second-order valence-electron chi connectivity index (χ2n) is 4.59. The first-order chi connectivity index (χ1) is 9.71. The molecule has 1 aromatic carbocycles. The quantitative estimate of drug-likeness (QED) is 0.910. The van der Waals surface area contributed by atoms with E-state index in [-0.39, 0.29) is 12.2 Å². The van der Waals surface area contributed by atoms with Crippen LogP contribution in [-0.4, -0.2) is 16.8 Å². The number of benzene rings is 1. The minimum absolute atomic E-state index is 0.123. The smallest absolute Gasteiger partial charge is 0.256 e. The van der Waals surface area contributed by atoms with E-state index in [1.54, 1.807) is 17.7 Å². The molecule has 0 aliphatic carbocycles. The van der Waals surface area contributed by atoms with Crippen LogP contribution in [0, 0.1) is 0 Å². The van der Waals surface area contributed by atoms with E-state index in [1.807, 2.05) is 37.3 Å². The number of rotatable bonds is 5. The summed E-state index contributed by atoms with van der Waals surface area (Å²) in [5.41, 5.74) is 2.12. The van der Waals surface area contributed by atoms with E-state index in [0.717, 1.165) is 23.4 Å². The fourth-order valence-corrected chi connectivity index (χ4v) is 2.20. The molecule has 4 heteroatoms. The molecule has 2 aromatic rings. The second kappa shape index (κ2) is 6.39. The zero-order valence-electron chi connectivity index (χ0n) is 11.8. The molecule has 0 aliphatic heterocycles. The lowest BCUT2D eigenvalue weighted by molar-refractivity contribution is 0.279. The molecular formula is C16H19NO3. The average Bonchev–Trinajstić information content (AvgIpc) is 2.49. The predicted molar refractivity (Wildman–Crippen MR) is 78.9 cm³/mol. The normalized spacial score (nSPS) is 10.6. The molecule has 0 unspecified atom stereocenters. The monoisotopic (exact) mass is 273 g/mol. The minimum Gasteiger partial charge on any atom is -0.497 e. The zero-order chi connectivity index (χ0) is 14.5. The van der Waals surface area contributed by atoms with Crippen molar-refractivity contribution in [2.75, 3.05) is 7.11 Å². The van der Waals surface area contributed by atoms with Gasteiger partial charge in [0, 0.05) is 12.1 Å². The van der Waals surface area contributed by atoms with E-state index in [0.29, 0.717) is 12.1 Å². The summed E-state index contributed by atoms with van der Waals surface area (Å²) < 4.78 is 6.86. The second-order valence-corrected chi connectivity index (χ2v) is 4.59. The molecule has 2 rings (SSSR count). The highest BCUT2D eigenvalue weighted by Crippen LogP contribution is 2.22. The maximum Gasteiger partial charge on any atom is 0.256 e. The third-order valence-electron chi connectivity index (χ3n) is 3.26. The van der Waals surface area contributed by atoms with Gasteiger partial charge in [0.1, 0.15) is 5.75 Å². The van der Waals surface area contributed by atoms with E-state index < -0.39 is 0 Å². The van der Waals surface area contributed by atoms with E-state index in [9.17, 15) is 9.90 Å². The van der Waals surface area contributed by atoms with Crippen LogP contribution in [0.15, 0.2) is 41.2 Å². The summed E-state index contributed by atoms with van der Waals surface area (Å²) in [5, 5.41) is 9.21. The van der Waals surface area contributed by atoms with Gasteiger partial charge in [0.15, 0.2) is 0 Å². The largest absolute Gasteiger partial charge is 0.497 e. The maximum absolute atomic E-state index is 12.3. The van der Waals surface area contributed by atoms with Crippen LogP contribution in [0.3, 0.4) is 0 Å². The summed E-state index contributed by atoms with van der Waals surface area (Å²) in [7, 11) is 1.62. The Balaban J connectivity index is 2.54. The molecule has 0 aliphatic rings. The van der Waals surface area contributed by atoms with Crippen molar-refractivity contribution in [1.82, 2.24) is 4.57 Å². The van der Waals surface area contributed by atoms with Gasteiger partial charge >= 0.3 is 0 Å². The SMILES string of the molecule is CCCn1c(-c2ccc(OC)cc2)ccc(CO)c1=O. The van der Waals surface area contributed by atoms with Crippen LogP contribution >= 0.6 is 0 Å². The number of hydrogen-bond acceptors (Lipinski definition) is 3. The molecule has 4 nitrogen and oxygen atoms in total. The van der Waals surface area contributed by atoms with Crippen LogP contribution in [0.2, 0.25) is 0 Å². The number of aliphatic hydroxyl groups excluding tert-OH is 1. The van der Waals surface area contributed by atoms with Gasteiger partial charge in [-0.05, 0) is 48.4 Å². The van der Waals surface area contributed by atoms with E-state index in [2.05, 4.69) is 0 Å². The van der Waals surface area contributed by atoms with Gasteiger partial charge in [-0.15, -0.1) is 0 Å². The Bertz CT molecular complexity index is 629. The van der Waals surface area contributed by atoms with Gasteiger partial charge in [-0.25, -0.2) is 0 Å². The van der Waals surface area contributed by atoms with Crippen LogP contribution in [0.1, 0.15) is 18.9 Å². The zero-order valence-corrected chi connectivity index (χ0v) is 11.8. The molecule has 0 bridgehead atoms. The highest BCUT2D eigenvalue weighted by molar-refractivity contribution is 5.61. The molecule has 1 heterocycles. The number of methoxy groups -OCH3 is 1. The molecule has 0 spiro atoms. The third-order valence-corrected chi connectivity index (χ3v) is 3.26. The number of hydrogen-bond donors (Lipinski definition) is 1. The van der Waals surface area contributed by atoms with Crippen molar-refractivity contribution in [3.05, 3.63) is 52.3 Å². The van der Waals surface area contributed by atoms with Crippen molar-refractivity contribution in [2.24, 2.45) is 0 Å². The van der Waals surface area contributed by atoms with Gasteiger partial charge in [0.25, 0.3) is 5.56 Å². The molecule has 0 saturated heterocycles. The summed E-state index contributed by atoms with van der Waals surface area (Å²) in [6.45, 7) is 2.43. The Morgan fingerprint density at radius 1 is 1.15 bits per heavy atom. The lowest BCUT2D eigenvalue weighted by atomic mass is 10.1. The molecule has 0 atom stereocenters. The number of nitrogens with zero attached hydrogens (tertiary/aromatic N) is 1. The lowest BCUT2D eigenvalue weighted by Crippen LogP contribution is -2.25. The lowest BCUT2D eigenvalue weighted by Gasteiger charge is -2.14. The topological polar surface area (TPSA) is 51.5 Å². The summed E-state index contributed by atoms with van der Waals surface area (Å²) in [5.74, 6) is 0.783. The van der Waals surface area contributed by atoms with Crippen LogP contribution in [-0.2, 0) is 13.2 Å². The molecule has 0 radical (unpaired) electrons. The average molecular weight is 273 g/mol. The van der Waals surface area contributed by atoms with Crippen molar-refractivity contribution in [2.45, 2.75) is 26.5 Å². The number of aliphatic hydroxyl groups is 1. The first-order valence-corrected chi connectivity index (χ1v) is 6.69. The number of aromatic nitrogens is 1. The van der Waals surface area contributed by atoms with E-state index in [4.69, 9.17) is 4.74 Å². The van der Waals surface area contributed by atoms with E-state index in [1.165, 1.54) is 0 Å². The minimum atomic E-state index is -0.231. The molecule has 1 N–H and O–H groups in total. The molecule has 20 heavy (non-hydrogen) atoms. The summed E-state index contributed by atoms with van der Waals surface area (Å²) in [6, 6.07) is 11.2. The van der Waals surface area contributed by atoms with E-state index >= 15 is 0 Å². The fourth-order valence-electron chi connectivity index (χ4n) is 2.20. The molecular weight excluding hydrogens is 254 g/mol. The Hall–Kier alpha value is -2.07. The van der Waals surface area contributed by atoms with Crippen molar-refractivity contribution >= 4 is 0 Å². The highest BCUT2D eigenvalue weighted by Gasteiger charge is 2.09. The van der Waals surface area contributed by atoms with Crippen LogP contribution in [0.4, 0.5) is 0 Å². The molecule has 106 valence electrons. The van der Waals surface area contributed by atoms with Gasteiger partial charge in [-0.1, -0.05) is 6.92 Å². The van der Waals surface area contributed by atoms with Crippen LogP contribution in [0.5, 0.6) is 5.75 Å². The summed E-state index contributed by atoms with van der Waals surface area (Å²) >= 11 is 0. The van der Waals surface area contributed by atoms with Crippen molar-refractivity contribution < 1.29 is 9.84 Å². The maximum atomic E-state index is 12.3. The number of ether oxygens (including phenoxy) is 1. The first-order valence-electron chi connectivity index (χ1n) is 6.69. The van der Waals surface area contributed by atoms with Gasteiger partial charge in [0.2, 0.25) is 0 Å². The molecule has 0 amide bonds. The van der Waals surface area contributed by atoms with Crippen LogP contribution < -0.4 is 10.3 Å². The van der Waals surface area contributed by atoms with Gasteiger partial charge in [0.05, 0.1) is 19.4 Å². The van der Waals surface area contributed by atoms with Gasteiger partial charge in [-0.2, -0.15) is 0 Å². The van der Waals surface area contributed by atoms with Crippen molar-refractivity contribution in [1.29, 1.82) is 0 Å². The van der Waals surface area contributed by atoms with Gasteiger partial charge in [-0.3, -0.25) is 4.79 Å². The van der Waals surface area contributed by atoms with Crippen LogP contribution in [0.25, 0.3) is 11.3 Å². The standard InChI is InChI=1S/C16H19NO3/c1-3-10-17-15(9-6-13(11-18)16(17)19)12-4-7-14(20-2)8-5-12/h4-9,18H,3,10-11H2,1-2H3. The molecule has 1 aromatic heterocycles. The molecule has 0 fully saturated rings. The predicted octanol–water partition coefficient (Wildman–Crippen LogP) is 2.43. The fraction of sp³-hybridized carbons (Fsp3) is 0.312. The molecule has 0 saturated carbocycles. The third kappa shape index (κ3) is 2.75. The Kier molecular flexibility index (Phi) is 4.58. The van der Waals surface area contributed by atoms with Crippen molar-refractivity contribution in [3.8, 4) is 17.0 Å². The number of pyridine rings is 1. The Labute approximate surface area is 118 Å². The Morgan fingerprint density at radius 2 is 1.85 bits per heavy atom. The van der Waals surface area contributed by atoms with Gasteiger partial charge < -0.3 is 14.4 Å². The highest BCUT2D eigenvalue weighted by atomic mass is 16.5.